The van der Waals surface area contributed by atoms with E-state index >= 15 is 0 Å². The standard InChI is InChI=1S/C22H25N3O3/c1-3-17-8-4-5-10-20(17)25-14-18(12-21(25)27)22(28)23-13-16-7-6-9-19(11-16)24-15(2)26/h4-11,18H,3,12-14H2,1-2H3,(H,23,28)(H,24,26). The molecule has 1 unspecified atom stereocenters. The van der Waals surface area contributed by atoms with Crippen LogP contribution in [0.4, 0.5) is 11.4 Å². The molecule has 2 aromatic rings. The van der Waals surface area contributed by atoms with Gasteiger partial charge in [-0.2, -0.15) is 0 Å². The van der Waals surface area contributed by atoms with Crippen LogP contribution in [0, 0.1) is 5.92 Å². The molecular formula is C22H25N3O3. The maximum atomic E-state index is 12.6. The summed E-state index contributed by atoms with van der Waals surface area (Å²) in [5, 5.41) is 5.64. The van der Waals surface area contributed by atoms with Gasteiger partial charge in [-0.05, 0) is 35.7 Å². The molecule has 3 rings (SSSR count). The Balaban J connectivity index is 1.61. The summed E-state index contributed by atoms with van der Waals surface area (Å²) < 4.78 is 0. The molecule has 2 aromatic carbocycles. The van der Waals surface area contributed by atoms with Crippen LogP contribution in [-0.2, 0) is 27.3 Å². The molecule has 0 radical (unpaired) electrons. The number of amides is 3. The average Bonchev–Trinajstić information content (AvgIpc) is 3.07. The Morgan fingerprint density at radius 2 is 1.93 bits per heavy atom. The molecular weight excluding hydrogens is 354 g/mol. The second-order valence-electron chi connectivity index (χ2n) is 6.99. The lowest BCUT2D eigenvalue weighted by Gasteiger charge is -2.20. The van der Waals surface area contributed by atoms with Crippen LogP contribution >= 0.6 is 0 Å². The number of anilines is 2. The third-order valence-electron chi connectivity index (χ3n) is 4.87. The van der Waals surface area contributed by atoms with Crippen LogP contribution in [-0.4, -0.2) is 24.3 Å². The molecule has 1 aliphatic heterocycles. The minimum Gasteiger partial charge on any atom is -0.352 e. The van der Waals surface area contributed by atoms with Gasteiger partial charge in [0, 0.05) is 37.8 Å². The molecule has 6 heteroatoms. The minimum absolute atomic E-state index is 0.0197. The SMILES string of the molecule is CCc1ccccc1N1CC(C(=O)NCc2cccc(NC(C)=O)c2)CC1=O. The fourth-order valence-electron chi connectivity index (χ4n) is 3.48. The van der Waals surface area contributed by atoms with Gasteiger partial charge >= 0.3 is 0 Å². The Kier molecular flexibility index (Phi) is 6.09. The van der Waals surface area contributed by atoms with Crippen LogP contribution in [0.2, 0.25) is 0 Å². The highest BCUT2D eigenvalue weighted by molar-refractivity contribution is 6.00. The van der Waals surface area contributed by atoms with E-state index in [-0.39, 0.29) is 30.1 Å². The topological polar surface area (TPSA) is 78.5 Å². The van der Waals surface area contributed by atoms with Crippen LogP contribution in [0.3, 0.4) is 0 Å². The summed E-state index contributed by atoms with van der Waals surface area (Å²) in [5.41, 5.74) is 3.58. The van der Waals surface area contributed by atoms with Crippen molar-refractivity contribution in [2.75, 3.05) is 16.8 Å². The second-order valence-corrected chi connectivity index (χ2v) is 6.99. The zero-order valence-corrected chi connectivity index (χ0v) is 16.2. The minimum atomic E-state index is -0.365. The molecule has 0 aliphatic carbocycles. The first-order chi connectivity index (χ1) is 13.5. The number of nitrogens with one attached hydrogen (secondary N) is 2. The van der Waals surface area contributed by atoms with Crippen molar-refractivity contribution in [2.24, 2.45) is 5.92 Å². The Bertz CT molecular complexity index is 894. The van der Waals surface area contributed by atoms with Gasteiger partial charge in [0.05, 0.1) is 5.92 Å². The number of rotatable bonds is 6. The predicted octanol–water partition coefficient (Wildman–Crippen LogP) is 2.88. The smallest absolute Gasteiger partial charge is 0.227 e. The van der Waals surface area contributed by atoms with E-state index in [1.54, 1.807) is 11.0 Å². The molecule has 0 aromatic heterocycles. The Labute approximate surface area is 164 Å². The summed E-state index contributed by atoms with van der Waals surface area (Å²) in [6.07, 6.45) is 1.05. The maximum absolute atomic E-state index is 12.6. The molecule has 0 saturated carbocycles. The Hall–Kier alpha value is -3.15. The van der Waals surface area contributed by atoms with Crippen LogP contribution in [0.25, 0.3) is 0 Å². The van der Waals surface area contributed by atoms with Gasteiger partial charge in [0.15, 0.2) is 0 Å². The summed E-state index contributed by atoms with van der Waals surface area (Å²) >= 11 is 0. The summed E-state index contributed by atoms with van der Waals surface area (Å²) in [7, 11) is 0. The first kappa shape index (κ1) is 19.6. The molecule has 1 atom stereocenters. The normalized spacial score (nSPS) is 16.1. The third-order valence-corrected chi connectivity index (χ3v) is 4.87. The molecule has 28 heavy (non-hydrogen) atoms. The van der Waals surface area contributed by atoms with Crippen molar-refractivity contribution >= 4 is 29.1 Å². The lowest BCUT2D eigenvalue weighted by atomic mass is 10.1. The Morgan fingerprint density at radius 3 is 2.68 bits per heavy atom. The van der Waals surface area contributed by atoms with Gasteiger partial charge < -0.3 is 15.5 Å². The molecule has 2 N–H and O–H groups in total. The van der Waals surface area contributed by atoms with Crippen molar-refractivity contribution < 1.29 is 14.4 Å². The van der Waals surface area contributed by atoms with Crippen molar-refractivity contribution in [1.82, 2.24) is 5.32 Å². The third kappa shape index (κ3) is 4.57. The van der Waals surface area contributed by atoms with E-state index in [1.807, 2.05) is 42.5 Å². The van der Waals surface area contributed by atoms with Crippen LogP contribution in [0.5, 0.6) is 0 Å². The number of aryl methyl sites for hydroxylation is 1. The van der Waals surface area contributed by atoms with Gasteiger partial charge in [-0.1, -0.05) is 37.3 Å². The highest BCUT2D eigenvalue weighted by Crippen LogP contribution is 2.28. The van der Waals surface area contributed by atoms with Gasteiger partial charge in [-0.3, -0.25) is 14.4 Å². The van der Waals surface area contributed by atoms with Gasteiger partial charge in [0.1, 0.15) is 0 Å². The number of hydrogen-bond acceptors (Lipinski definition) is 3. The van der Waals surface area contributed by atoms with Gasteiger partial charge in [0.2, 0.25) is 17.7 Å². The number of nitrogens with zero attached hydrogens (tertiary/aromatic N) is 1. The maximum Gasteiger partial charge on any atom is 0.227 e. The largest absolute Gasteiger partial charge is 0.352 e. The van der Waals surface area contributed by atoms with Crippen molar-refractivity contribution in [3.63, 3.8) is 0 Å². The molecule has 146 valence electrons. The van der Waals surface area contributed by atoms with Gasteiger partial charge in [0.25, 0.3) is 0 Å². The van der Waals surface area contributed by atoms with Crippen LogP contribution in [0.1, 0.15) is 31.4 Å². The molecule has 1 heterocycles. The fourth-order valence-corrected chi connectivity index (χ4v) is 3.48. The van der Waals surface area contributed by atoms with E-state index in [1.165, 1.54) is 6.92 Å². The van der Waals surface area contributed by atoms with Crippen LogP contribution < -0.4 is 15.5 Å². The van der Waals surface area contributed by atoms with E-state index in [9.17, 15) is 14.4 Å². The predicted molar refractivity (Wildman–Crippen MR) is 109 cm³/mol. The van der Waals surface area contributed by atoms with Crippen molar-refractivity contribution in [3.05, 3.63) is 59.7 Å². The zero-order chi connectivity index (χ0) is 20.1. The van der Waals surface area contributed by atoms with Crippen molar-refractivity contribution in [1.29, 1.82) is 0 Å². The molecule has 6 nitrogen and oxygen atoms in total. The highest BCUT2D eigenvalue weighted by Gasteiger charge is 2.35. The molecule has 1 saturated heterocycles. The zero-order valence-electron chi connectivity index (χ0n) is 16.2. The fraction of sp³-hybridized carbons (Fsp3) is 0.318. The number of para-hydroxylation sites is 1. The van der Waals surface area contributed by atoms with E-state index in [0.717, 1.165) is 23.2 Å². The molecule has 1 aliphatic rings. The average molecular weight is 379 g/mol. The molecule has 1 fully saturated rings. The summed E-state index contributed by atoms with van der Waals surface area (Å²) in [6, 6.07) is 15.2. The van der Waals surface area contributed by atoms with Crippen molar-refractivity contribution in [3.8, 4) is 0 Å². The Morgan fingerprint density at radius 1 is 1.14 bits per heavy atom. The molecule has 0 bridgehead atoms. The lowest BCUT2D eigenvalue weighted by molar-refractivity contribution is -0.126. The monoisotopic (exact) mass is 379 g/mol. The summed E-state index contributed by atoms with van der Waals surface area (Å²) in [6.45, 7) is 4.25. The number of carbonyl (C=O) groups is 3. The molecule has 3 amide bonds. The second kappa shape index (κ2) is 8.69. The van der Waals surface area contributed by atoms with Crippen LogP contribution in [0.15, 0.2) is 48.5 Å². The molecule has 0 spiro atoms. The first-order valence-electron chi connectivity index (χ1n) is 9.50. The van der Waals surface area contributed by atoms with E-state index in [4.69, 9.17) is 0 Å². The number of carbonyl (C=O) groups excluding carboxylic acids is 3. The first-order valence-corrected chi connectivity index (χ1v) is 9.50. The highest BCUT2D eigenvalue weighted by atomic mass is 16.2. The van der Waals surface area contributed by atoms with Gasteiger partial charge in [-0.25, -0.2) is 0 Å². The lowest BCUT2D eigenvalue weighted by Crippen LogP contribution is -2.32. The van der Waals surface area contributed by atoms with E-state index in [0.29, 0.717) is 18.8 Å². The number of benzene rings is 2. The van der Waals surface area contributed by atoms with Crippen molar-refractivity contribution in [2.45, 2.75) is 33.2 Å². The van der Waals surface area contributed by atoms with Gasteiger partial charge in [-0.15, -0.1) is 0 Å². The quantitative estimate of drug-likeness (QED) is 0.810. The van der Waals surface area contributed by atoms with E-state index < -0.39 is 0 Å². The summed E-state index contributed by atoms with van der Waals surface area (Å²) in [5.74, 6) is -0.655. The number of hydrogen-bond donors (Lipinski definition) is 2. The summed E-state index contributed by atoms with van der Waals surface area (Å²) in [4.78, 5) is 38.0. The van der Waals surface area contributed by atoms with E-state index in [2.05, 4.69) is 17.6 Å².